The Kier molecular flexibility index (Phi) is 6.98. The van der Waals surface area contributed by atoms with Crippen LogP contribution >= 0.6 is 23.2 Å². The van der Waals surface area contributed by atoms with Crippen LogP contribution in [0.3, 0.4) is 0 Å². The molecule has 0 radical (unpaired) electrons. The van der Waals surface area contributed by atoms with E-state index in [9.17, 15) is 4.79 Å². The predicted molar refractivity (Wildman–Crippen MR) is 97.1 cm³/mol. The van der Waals surface area contributed by atoms with Crippen molar-refractivity contribution in [1.29, 1.82) is 0 Å². The summed E-state index contributed by atoms with van der Waals surface area (Å²) in [5.74, 6) is 0.518. The number of hydrogen-bond acceptors (Lipinski definition) is 4. The van der Waals surface area contributed by atoms with Gasteiger partial charge in [-0.05, 0) is 42.0 Å². The third kappa shape index (κ3) is 5.89. The van der Waals surface area contributed by atoms with Crippen LogP contribution in [-0.4, -0.2) is 31.4 Å². The van der Waals surface area contributed by atoms with Gasteiger partial charge in [-0.2, -0.15) is 0 Å². The lowest BCUT2D eigenvalue weighted by molar-refractivity contribution is -0.131. The molecule has 0 heterocycles. The molecule has 0 saturated heterocycles. The number of carboxylic acids is 1. The van der Waals surface area contributed by atoms with Crippen LogP contribution in [0.2, 0.25) is 10.0 Å². The molecule has 0 aliphatic heterocycles. The van der Waals surface area contributed by atoms with Gasteiger partial charge in [0.1, 0.15) is 19.0 Å². The minimum atomic E-state index is -1.02. The van der Waals surface area contributed by atoms with Gasteiger partial charge in [0.25, 0.3) is 0 Å². The van der Waals surface area contributed by atoms with Gasteiger partial charge in [-0.25, -0.2) is 4.79 Å². The Morgan fingerprint density at radius 3 is 2.36 bits per heavy atom. The fraction of sp³-hybridized carbons (Fsp3) is 0.167. The normalized spacial score (nSPS) is 10.7. The summed E-state index contributed by atoms with van der Waals surface area (Å²) in [7, 11) is 1.53. The number of carbonyl (C=O) groups is 1. The van der Waals surface area contributed by atoms with E-state index < -0.39 is 5.97 Å². The highest BCUT2D eigenvalue weighted by Gasteiger charge is 2.06. The molecule has 132 valence electrons. The summed E-state index contributed by atoms with van der Waals surface area (Å²) < 4.78 is 16.4. The Morgan fingerprint density at radius 1 is 1.04 bits per heavy atom. The van der Waals surface area contributed by atoms with E-state index in [1.807, 2.05) is 0 Å². The number of hydrogen-bond donors (Lipinski definition) is 1. The molecule has 2 aromatic rings. The molecule has 0 amide bonds. The second-order valence-corrected chi connectivity index (χ2v) is 5.70. The molecule has 0 saturated carbocycles. The number of rotatable bonds is 8. The molecule has 0 unspecified atom stereocenters. The van der Waals surface area contributed by atoms with Crippen LogP contribution in [-0.2, 0) is 4.79 Å². The van der Waals surface area contributed by atoms with Crippen molar-refractivity contribution in [2.45, 2.75) is 0 Å². The number of methoxy groups -OCH3 is 1. The first kappa shape index (κ1) is 19.0. The Labute approximate surface area is 155 Å². The molecule has 2 aromatic carbocycles. The summed E-state index contributed by atoms with van der Waals surface area (Å²) in [5, 5.41) is 9.64. The summed E-state index contributed by atoms with van der Waals surface area (Å²) in [6.45, 7) is 0.515. The third-order valence-corrected chi connectivity index (χ3v) is 3.63. The van der Waals surface area contributed by atoms with Crippen LogP contribution in [0.25, 0.3) is 6.08 Å². The van der Waals surface area contributed by atoms with Crippen LogP contribution in [0.15, 0.2) is 42.5 Å². The van der Waals surface area contributed by atoms with Crippen LogP contribution in [0.4, 0.5) is 0 Å². The summed E-state index contributed by atoms with van der Waals surface area (Å²) in [4.78, 5) is 10.6. The first-order chi connectivity index (χ1) is 12.0. The summed E-state index contributed by atoms with van der Waals surface area (Å²) in [6.07, 6.45) is 2.52. The van der Waals surface area contributed by atoms with E-state index in [-0.39, 0.29) is 13.2 Å². The average Bonchev–Trinajstić information content (AvgIpc) is 2.58. The lowest BCUT2D eigenvalue weighted by Gasteiger charge is -2.12. The van der Waals surface area contributed by atoms with E-state index in [1.54, 1.807) is 36.4 Å². The smallest absolute Gasteiger partial charge is 0.328 e. The van der Waals surface area contributed by atoms with Crippen molar-refractivity contribution in [2.75, 3.05) is 20.3 Å². The van der Waals surface area contributed by atoms with Gasteiger partial charge in [0.15, 0.2) is 11.5 Å². The third-order valence-electron chi connectivity index (χ3n) is 3.10. The van der Waals surface area contributed by atoms with Crippen molar-refractivity contribution < 1.29 is 24.1 Å². The van der Waals surface area contributed by atoms with Gasteiger partial charge in [0.2, 0.25) is 0 Å². The van der Waals surface area contributed by atoms with Gasteiger partial charge >= 0.3 is 5.97 Å². The summed E-state index contributed by atoms with van der Waals surface area (Å²) >= 11 is 11.9. The maximum atomic E-state index is 10.6. The quantitative estimate of drug-likeness (QED) is 0.535. The van der Waals surface area contributed by atoms with E-state index in [0.29, 0.717) is 32.9 Å². The molecule has 5 nitrogen and oxygen atoms in total. The average molecular weight is 383 g/mol. The van der Waals surface area contributed by atoms with Crippen molar-refractivity contribution in [1.82, 2.24) is 0 Å². The topological polar surface area (TPSA) is 65.0 Å². The largest absolute Gasteiger partial charge is 0.493 e. The molecule has 0 aliphatic rings. The minimum Gasteiger partial charge on any atom is -0.493 e. The van der Waals surface area contributed by atoms with Crippen LogP contribution in [0.5, 0.6) is 17.2 Å². The molecule has 0 aromatic heterocycles. The second-order valence-electron chi connectivity index (χ2n) is 4.85. The van der Waals surface area contributed by atoms with E-state index in [4.69, 9.17) is 42.5 Å². The number of carboxylic acid groups (broad SMARTS) is 1. The molecule has 0 atom stereocenters. The van der Waals surface area contributed by atoms with Crippen LogP contribution < -0.4 is 14.2 Å². The SMILES string of the molecule is COc1ccc(C=CC(=O)O)cc1OCCOc1ccc(Cl)cc1Cl. The zero-order valence-corrected chi connectivity index (χ0v) is 14.9. The predicted octanol–water partition coefficient (Wildman–Crippen LogP) is 4.56. The van der Waals surface area contributed by atoms with Crippen molar-refractivity contribution in [3.05, 3.63) is 58.1 Å². The lowest BCUT2D eigenvalue weighted by atomic mass is 10.2. The molecule has 0 fully saturated rings. The maximum absolute atomic E-state index is 10.6. The molecule has 25 heavy (non-hydrogen) atoms. The van der Waals surface area contributed by atoms with E-state index >= 15 is 0 Å². The first-order valence-electron chi connectivity index (χ1n) is 7.29. The first-order valence-corrected chi connectivity index (χ1v) is 8.05. The Bertz CT molecular complexity index is 774. The molecule has 0 aliphatic carbocycles. The van der Waals surface area contributed by atoms with Gasteiger partial charge < -0.3 is 19.3 Å². The number of aliphatic carboxylic acids is 1. The second kappa shape index (κ2) is 9.20. The molecule has 2 rings (SSSR count). The van der Waals surface area contributed by atoms with E-state index in [1.165, 1.54) is 13.2 Å². The van der Waals surface area contributed by atoms with Gasteiger partial charge in [-0.3, -0.25) is 0 Å². The molecule has 0 spiro atoms. The van der Waals surface area contributed by atoms with Gasteiger partial charge in [-0.15, -0.1) is 0 Å². The molecule has 1 N–H and O–H groups in total. The van der Waals surface area contributed by atoms with Crippen molar-refractivity contribution in [2.24, 2.45) is 0 Å². The number of halogens is 2. The van der Waals surface area contributed by atoms with Gasteiger partial charge in [0, 0.05) is 11.1 Å². The van der Waals surface area contributed by atoms with E-state index in [0.717, 1.165) is 6.08 Å². The summed E-state index contributed by atoms with van der Waals surface area (Å²) in [5.41, 5.74) is 0.680. The van der Waals surface area contributed by atoms with Crippen molar-refractivity contribution >= 4 is 35.2 Å². The van der Waals surface area contributed by atoms with Crippen LogP contribution in [0, 0.1) is 0 Å². The highest BCUT2D eigenvalue weighted by atomic mass is 35.5. The lowest BCUT2D eigenvalue weighted by Crippen LogP contribution is -2.09. The zero-order chi connectivity index (χ0) is 18.2. The zero-order valence-electron chi connectivity index (χ0n) is 13.4. The molecular formula is C18H16Cl2O5. The highest BCUT2D eigenvalue weighted by molar-refractivity contribution is 6.35. The number of benzene rings is 2. The highest BCUT2D eigenvalue weighted by Crippen LogP contribution is 2.29. The fourth-order valence-electron chi connectivity index (χ4n) is 1.97. The van der Waals surface area contributed by atoms with Crippen molar-refractivity contribution in [3.8, 4) is 17.2 Å². The van der Waals surface area contributed by atoms with Gasteiger partial charge in [0.05, 0.1) is 12.1 Å². The molecular weight excluding hydrogens is 367 g/mol. The minimum absolute atomic E-state index is 0.251. The Hall–Kier alpha value is -2.37. The number of ether oxygens (including phenoxy) is 3. The van der Waals surface area contributed by atoms with E-state index in [2.05, 4.69) is 0 Å². The monoisotopic (exact) mass is 382 g/mol. The Balaban J connectivity index is 1.96. The Morgan fingerprint density at radius 2 is 1.72 bits per heavy atom. The summed E-state index contributed by atoms with van der Waals surface area (Å²) in [6, 6.07) is 10.1. The molecule has 0 bridgehead atoms. The fourth-order valence-corrected chi connectivity index (χ4v) is 2.44. The standard InChI is InChI=1S/C18H16Cl2O5/c1-23-16-5-2-12(3-7-18(21)22)10-17(16)25-9-8-24-15-6-4-13(19)11-14(15)20/h2-7,10-11H,8-9H2,1H3,(H,21,22). The van der Waals surface area contributed by atoms with Crippen molar-refractivity contribution in [3.63, 3.8) is 0 Å². The maximum Gasteiger partial charge on any atom is 0.328 e. The van der Waals surface area contributed by atoms with Crippen LogP contribution in [0.1, 0.15) is 5.56 Å². The molecule has 7 heteroatoms. The van der Waals surface area contributed by atoms with Gasteiger partial charge in [-0.1, -0.05) is 29.3 Å².